The van der Waals surface area contributed by atoms with E-state index in [1.54, 1.807) is 24.3 Å². The molecular formula is C19H22N2O2. The molecule has 0 spiro atoms. The number of carbonyl (C=O) groups excluding carboxylic acids is 2. The highest BCUT2D eigenvalue weighted by molar-refractivity contribution is 5.99. The highest BCUT2D eigenvalue weighted by atomic mass is 16.2. The Morgan fingerprint density at radius 2 is 1.61 bits per heavy atom. The maximum atomic E-state index is 12.2. The molecule has 23 heavy (non-hydrogen) atoms. The first kappa shape index (κ1) is 16.7. The molecule has 2 aromatic rings. The average Bonchev–Trinajstić information content (AvgIpc) is 2.60. The smallest absolute Gasteiger partial charge is 0.251 e. The minimum atomic E-state index is -0.188. The molecule has 2 amide bonds. The number of hydrogen-bond acceptors (Lipinski definition) is 2. The second-order valence-electron chi connectivity index (χ2n) is 5.53. The molecule has 0 fully saturated rings. The monoisotopic (exact) mass is 310 g/mol. The average molecular weight is 310 g/mol. The number of rotatable bonds is 6. The van der Waals surface area contributed by atoms with E-state index in [4.69, 9.17) is 0 Å². The van der Waals surface area contributed by atoms with Crippen LogP contribution in [0, 0.1) is 0 Å². The van der Waals surface area contributed by atoms with Crippen LogP contribution in [-0.2, 0) is 6.54 Å². The molecule has 0 aliphatic rings. The molecule has 0 aliphatic heterocycles. The molecule has 120 valence electrons. The zero-order valence-corrected chi connectivity index (χ0v) is 13.5. The summed E-state index contributed by atoms with van der Waals surface area (Å²) in [7, 11) is 0. The SMILES string of the molecule is CCC(C)NC(=O)c1cccc(C(=O)NCc2ccccc2)c1. The van der Waals surface area contributed by atoms with Crippen LogP contribution in [0.3, 0.4) is 0 Å². The van der Waals surface area contributed by atoms with Crippen LogP contribution in [0.5, 0.6) is 0 Å². The minimum absolute atomic E-state index is 0.109. The summed E-state index contributed by atoms with van der Waals surface area (Å²) in [5.74, 6) is -0.343. The van der Waals surface area contributed by atoms with Crippen molar-refractivity contribution < 1.29 is 9.59 Å². The Hall–Kier alpha value is -2.62. The summed E-state index contributed by atoms with van der Waals surface area (Å²) in [6, 6.07) is 16.6. The highest BCUT2D eigenvalue weighted by Crippen LogP contribution is 2.07. The van der Waals surface area contributed by atoms with Crippen LogP contribution in [-0.4, -0.2) is 17.9 Å². The van der Waals surface area contributed by atoms with Crippen molar-refractivity contribution in [2.75, 3.05) is 0 Å². The second kappa shape index (κ2) is 8.13. The van der Waals surface area contributed by atoms with Crippen molar-refractivity contribution in [2.45, 2.75) is 32.9 Å². The van der Waals surface area contributed by atoms with Gasteiger partial charge in [0.25, 0.3) is 11.8 Å². The molecule has 0 aromatic heterocycles. The minimum Gasteiger partial charge on any atom is -0.350 e. The first-order chi connectivity index (χ1) is 11.1. The van der Waals surface area contributed by atoms with Crippen LogP contribution in [0.4, 0.5) is 0 Å². The van der Waals surface area contributed by atoms with Crippen molar-refractivity contribution in [1.82, 2.24) is 10.6 Å². The van der Waals surface area contributed by atoms with Crippen LogP contribution >= 0.6 is 0 Å². The Labute approximate surface area is 136 Å². The third kappa shape index (κ3) is 4.95. The number of amides is 2. The summed E-state index contributed by atoms with van der Waals surface area (Å²) >= 11 is 0. The molecule has 2 aromatic carbocycles. The fourth-order valence-corrected chi connectivity index (χ4v) is 2.09. The molecule has 2 rings (SSSR count). The van der Waals surface area contributed by atoms with Crippen molar-refractivity contribution in [2.24, 2.45) is 0 Å². The molecule has 4 heteroatoms. The fourth-order valence-electron chi connectivity index (χ4n) is 2.09. The van der Waals surface area contributed by atoms with Crippen molar-refractivity contribution in [3.05, 3.63) is 71.3 Å². The van der Waals surface area contributed by atoms with Gasteiger partial charge in [-0.15, -0.1) is 0 Å². The Bertz CT molecular complexity index is 668. The summed E-state index contributed by atoms with van der Waals surface area (Å²) < 4.78 is 0. The number of nitrogens with one attached hydrogen (secondary N) is 2. The zero-order chi connectivity index (χ0) is 16.7. The van der Waals surface area contributed by atoms with Gasteiger partial charge in [0.05, 0.1) is 0 Å². The van der Waals surface area contributed by atoms with Crippen molar-refractivity contribution >= 4 is 11.8 Å². The standard InChI is InChI=1S/C19H22N2O2/c1-3-14(2)21-19(23)17-11-7-10-16(12-17)18(22)20-13-15-8-5-4-6-9-15/h4-12,14H,3,13H2,1-2H3,(H,20,22)(H,21,23). The van der Waals surface area contributed by atoms with E-state index in [0.717, 1.165) is 12.0 Å². The van der Waals surface area contributed by atoms with E-state index in [0.29, 0.717) is 17.7 Å². The van der Waals surface area contributed by atoms with Crippen LogP contribution in [0.2, 0.25) is 0 Å². The lowest BCUT2D eigenvalue weighted by Gasteiger charge is -2.12. The van der Waals surface area contributed by atoms with Gasteiger partial charge in [0.2, 0.25) is 0 Å². The molecule has 2 N–H and O–H groups in total. The van der Waals surface area contributed by atoms with Crippen molar-refractivity contribution in [3.8, 4) is 0 Å². The predicted octanol–water partition coefficient (Wildman–Crippen LogP) is 3.14. The predicted molar refractivity (Wildman–Crippen MR) is 91.3 cm³/mol. The van der Waals surface area contributed by atoms with Gasteiger partial charge in [-0.05, 0) is 37.1 Å². The van der Waals surface area contributed by atoms with Gasteiger partial charge in [-0.2, -0.15) is 0 Å². The maximum absolute atomic E-state index is 12.2. The van der Waals surface area contributed by atoms with Crippen LogP contribution in [0.25, 0.3) is 0 Å². The van der Waals surface area contributed by atoms with Crippen LogP contribution < -0.4 is 10.6 Å². The molecule has 0 bridgehead atoms. The van der Waals surface area contributed by atoms with Gasteiger partial charge >= 0.3 is 0 Å². The lowest BCUT2D eigenvalue weighted by Crippen LogP contribution is -2.32. The van der Waals surface area contributed by atoms with Crippen LogP contribution in [0.15, 0.2) is 54.6 Å². The highest BCUT2D eigenvalue weighted by Gasteiger charge is 2.11. The lowest BCUT2D eigenvalue weighted by molar-refractivity contribution is 0.0939. The maximum Gasteiger partial charge on any atom is 0.251 e. The summed E-state index contributed by atoms with van der Waals surface area (Å²) in [6.45, 7) is 4.43. The van der Waals surface area contributed by atoms with E-state index in [9.17, 15) is 9.59 Å². The van der Waals surface area contributed by atoms with Gasteiger partial charge in [0.15, 0.2) is 0 Å². The number of benzene rings is 2. The van der Waals surface area contributed by atoms with E-state index in [1.807, 2.05) is 44.2 Å². The molecule has 0 aliphatic carbocycles. The third-order valence-corrected chi connectivity index (χ3v) is 3.67. The number of hydrogen-bond donors (Lipinski definition) is 2. The third-order valence-electron chi connectivity index (χ3n) is 3.67. The van der Waals surface area contributed by atoms with Crippen molar-refractivity contribution in [3.63, 3.8) is 0 Å². The topological polar surface area (TPSA) is 58.2 Å². The Balaban J connectivity index is 2.01. The van der Waals surface area contributed by atoms with E-state index >= 15 is 0 Å². The molecule has 1 unspecified atom stereocenters. The van der Waals surface area contributed by atoms with E-state index < -0.39 is 0 Å². The quantitative estimate of drug-likeness (QED) is 0.861. The molecule has 4 nitrogen and oxygen atoms in total. The molecule has 0 saturated carbocycles. The van der Waals surface area contributed by atoms with E-state index in [2.05, 4.69) is 10.6 Å². The van der Waals surface area contributed by atoms with Gasteiger partial charge in [0, 0.05) is 23.7 Å². The zero-order valence-electron chi connectivity index (χ0n) is 13.5. The van der Waals surface area contributed by atoms with Gasteiger partial charge in [0.1, 0.15) is 0 Å². The van der Waals surface area contributed by atoms with Gasteiger partial charge in [-0.25, -0.2) is 0 Å². The van der Waals surface area contributed by atoms with Gasteiger partial charge in [-0.1, -0.05) is 43.3 Å². The lowest BCUT2D eigenvalue weighted by atomic mass is 10.1. The molecule has 0 saturated heterocycles. The van der Waals surface area contributed by atoms with Crippen molar-refractivity contribution in [1.29, 1.82) is 0 Å². The van der Waals surface area contributed by atoms with E-state index in [1.165, 1.54) is 0 Å². The molecule has 1 atom stereocenters. The van der Waals surface area contributed by atoms with Gasteiger partial charge in [-0.3, -0.25) is 9.59 Å². The fraction of sp³-hybridized carbons (Fsp3) is 0.263. The summed E-state index contributed by atoms with van der Waals surface area (Å²) in [5.41, 5.74) is 2.02. The molecule has 0 heterocycles. The Morgan fingerprint density at radius 3 is 2.26 bits per heavy atom. The summed E-state index contributed by atoms with van der Waals surface area (Å²) in [6.07, 6.45) is 0.864. The first-order valence-corrected chi connectivity index (χ1v) is 7.83. The van der Waals surface area contributed by atoms with Crippen LogP contribution in [0.1, 0.15) is 46.5 Å². The summed E-state index contributed by atoms with van der Waals surface area (Å²) in [4.78, 5) is 24.4. The largest absolute Gasteiger partial charge is 0.350 e. The normalized spacial score (nSPS) is 11.6. The second-order valence-corrected chi connectivity index (χ2v) is 5.53. The Morgan fingerprint density at radius 1 is 0.957 bits per heavy atom. The van der Waals surface area contributed by atoms with Gasteiger partial charge < -0.3 is 10.6 Å². The number of carbonyl (C=O) groups is 2. The van der Waals surface area contributed by atoms with E-state index in [-0.39, 0.29) is 17.9 Å². The first-order valence-electron chi connectivity index (χ1n) is 7.83. The Kier molecular flexibility index (Phi) is 5.92. The molecule has 0 radical (unpaired) electrons. The summed E-state index contributed by atoms with van der Waals surface area (Å²) in [5, 5.41) is 5.76. The molecular weight excluding hydrogens is 288 g/mol.